The van der Waals surface area contributed by atoms with E-state index in [1.54, 1.807) is 6.92 Å². The molecule has 1 aromatic carbocycles. The molecule has 0 heterocycles. The molecular weight excluding hydrogens is 276 g/mol. The molecule has 1 aliphatic carbocycles. The van der Waals surface area contributed by atoms with Crippen LogP contribution in [0, 0.1) is 11.6 Å². The van der Waals surface area contributed by atoms with Gasteiger partial charge in [0.25, 0.3) is 0 Å². The van der Waals surface area contributed by atoms with Crippen LogP contribution in [0.3, 0.4) is 0 Å². The summed E-state index contributed by atoms with van der Waals surface area (Å²) in [4.78, 5) is 12.6. The van der Waals surface area contributed by atoms with Crippen molar-refractivity contribution in [3.8, 4) is 0 Å². The molecular formula is C16H21F2NO2. The van der Waals surface area contributed by atoms with Crippen LogP contribution >= 0.6 is 0 Å². The van der Waals surface area contributed by atoms with Gasteiger partial charge < -0.3 is 10.4 Å². The molecule has 116 valence electrons. The molecule has 1 aromatic rings. The van der Waals surface area contributed by atoms with Crippen LogP contribution in [0.5, 0.6) is 0 Å². The Kier molecular flexibility index (Phi) is 4.93. The van der Waals surface area contributed by atoms with E-state index in [4.69, 9.17) is 5.11 Å². The van der Waals surface area contributed by atoms with Crippen molar-refractivity contribution in [1.29, 1.82) is 0 Å². The molecule has 0 aromatic heterocycles. The lowest BCUT2D eigenvalue weighted by molar-refractivity contribution is -0.127. The Bertz CT molecular complexity index is 513. The molecule has 2 N–H and O–H groups in total. The lowest BCUT2D eigenvalue weighted by Crippen LogP contribution is -2.46. The molecule has 0 spiro atoms. The van der Waals surface area contributed by atoms with Crippen LogP contribution in [-0.4, -0.2) is 23.7 Å². The summed E-state index contributed by atoms with van der Waals surface area (Å²) >= 11 is 0. The smallest absolute Gasteiger partial charge is 0.230 e. The number of aliphatic hydroxyl groups excluding tert-OH is 1. The first-order chi connectivity index (χ1) is 9.99. The van der Waals surface area contributed by atoms with Crippen molar-refractivity contribution in [3.05, 3.63) is 35.4 Å². The summed E-state index contributed by atoms with van der Waals surface area (Å²) in [7, 11) is 0. The van der Waals surface area contributed by atoms with Crippen molar-refractivity contribution in [2.24, 2.45) is 0 Å². The number of carbonyl (C=O) groups excluding carboxylic acids is 1. The van der Waals surface area contributed by atoms with E-state index in [0.717, 1.165) is 18.9 Å². The minimum absolute atomic E-state index is 0.0145. The quantitative estimate of drug-likeness (QED) is 0.878. The fraction of sp³-hybridized carbons (Fsp3) is 0.562. The van der Waals surface area contributed by atoms with Gasteiger partial charge in [-0.1, -0.05) is 18.9 Å². The second-order valence-electron chi connectivity index (χ2n) is 5.80. The molecule has 1 amide bonds. The van der Waals surface area contributed by atoms with Gasteiger partial charge in [0.1, 0.15) is 11.6 Å². The number of hydrogen-bond acceptors (Lipinski definition) is 2. The largest absolute Gasteiger partial charge is 0.396 e. The Balaban J connectivity index is 2.30. The van der Waals surface area contributed by atoms with Crippen molar-refractivity contribution in [1.82, 2.24) is 5.32 Å². The van der Waals surface area contributed by atoms with Gasteiger partial charge in [0, 0.05) is 24.3 Å². The highest BCUT2D eigenvalue weighted by atomic mass is 19.1. The number of nitrogens with one attached hydrogen (secondary N) is 1. The van der Waals surface area contributed by atoms with Crippen molar-refractivity contribution < 1.29 is 18.7 Å². The van der Waals surface area contributed by atoms with Crippen LogP contribution in [0.15, 0.2) is 18.2 Å². The molecule has 0 bridgehead atoms. The highest BCUT2D eigenvalue weighted by molar-refractivity contribution is 5.88. The highest BCUT2D eigenvalue weighted by Gasteiger charge is 2.44. The monoisotopic (exact) mass is 297 g/mol. The molecule has 1 aliphatic rings. The summed E-state index contributed by atoms with van der Waals surface area (Å²) in [5.41, 5.74) is -0.642. The molecule has 5 heteroatoms. The van der Waals surface area contributed by atoms with Crippen LogP contribution in [0.1, 0.15) is 44.6 Å². The summed E-state index contributed by atoms with van der Waals surface area (Å²) in [6.45, 7) is 1.79. The SMILES string of the molecule is CC(CCO)NC(=O)C1(c2ccc(F)cc2F)CCCC1. The van der Waals surface area contributed by atoms with E-state index in [-0.39, 0.29) is 24.1 Å². The summed E-state index contributed by atoms with van der Waals surface area (Å²) in [6, 6.07) is 3.23. The highest BCUT2D eigenvalue weighted by Crippen LogP contribution is 2.42. The van der Waals surface area contributed by atoms with E-state index >= 15 is 0 Å². The Morgan fingerprint density at radius 3 is 2.62 bits per heavy atom. The number of aliphatic hydroxyl groups is 1. The lowest BCUT2D eigenvalue weighted by atomic mass is 9.77. The van der Waals surface area contributed by atoms with E-state index in [1.165, 1.54) is 12.1 Å². The first-order valence-corrected chi connectivity index (χ1v) is 7.37. The zero-order valence-corrected chi connectivity index (χ0v) is 12.2. The Hall–Kier alpha value is -1.49. The Morgan fingerprint density at radius 2 is 2.05 bits per heavy atom. The van der Waals surface area contributed by atoms with Crippen molar-refractivity contribution in [2.75, 3.05) is 6.61 Å². The minimum atomic E-state index is -0.915. The average Bonchev–Trinajstić information content (AvgIpc) is 2.89. The van der Waals surface area contributed by atoms with Crippen LogP contribution in [0.4, 0.5) is 8.78 Å². The predicted molar refractivity (Wildman–Crippen MR) is 75.8 cm³/mol. The second kappa shape index (κ2) is 6.52. The van der Waals surface area contributed by atoms with Crippen molar-refractivity contribution in [3.63, 3.8) is 0 Å². The lowest BCUT2D eigenvalue weighted by Gasteiger charge is -2.30. The Morgan fingerprint density at radius 1 is 1.38 bits per heavy atom. The van der Waals surface area contributed by atoms with Crippen LogP contribution in [0.2, 0.25) is 0 Å². The van der Waals surface area contributed by atoms with E-state index in [2.05, 4.69) is 5.32 Å². The number of rotatable bonds is 5. The number of amides is 1. The third kappa shape index (κ3) is 3.23. The first-order valence-electron chi connectivity index (χ1n) is 7.37. The molecule has 0 saturated heterocycles. The third-order valence-corrected chi connectivity index (χ3v) is 4.28. The van der Waals surface area contributed by atoms with Crippen LogP contribution in [0.25, 0.3) is 0 Å². The fourth-order valence-electron chi connectivity index (χ4n) is 3.10. The maximum absolute atomic E-state index is 14.1. The summed E-state index contributed by atoms with van der Waals surface area (Å²) in [5, 5.41) is 11.8. The Labute approximate surface area is 123 Å². The molecule has 2 rings (SSSR count). The summed E-state index contributed by atoms with van der Waals surface area (Å²) in [5.74, 6) is -1.54. The number of benzene rings is 1. The zero-order chi connectivity index (χ0) is 15.5. The molecule has 0 radical (unpaired) electrons. The van der Waals surface area contributed by atoms with Gasteiger partial charge in [0.2, 0.25) is 5.91 Å². The van der Waals surface area contributed by atoms with Gasteiger partial charge in [-0.3, -0.25) is 4.79 Å². The third-order valence-electron chi connectivity index (χ3n) is 4.28. The average molecular weight is 297 g/mol. The maximum atomic E-state index is 14.1. The van der Waals surface area contributed by atoms with E-state index < -0.39 is 17.0 Å². The van der Waals surface area contributed by atoms with Gasteiger partial charge in [0.15, 0.2) is 0 Å². The van der Waals surface area contributed by atoms with Gasteiger partial charge in [-0.05, 0) is 32.3 Å². The van der Waals surface area contributed by atoms with Crippen LogP contribution in [-0.2, 0) is 10.2 Å². The number of carbonyl (C=O) groups is 1. The summed E-state index contributed by atoms with van der Waals surface area (Å²) in [6.07, 6.45) is 3.27. The zero-order valence-electron chi connectivity index (χ0n) is 12.2. The molecule has 0 aliphatic heterocycles. The molecule has 1 saturated carbocycles. The fourth-order valence-corrected chi connectivity index (χ4v) is 3.10. The van der Waals surface area contributed by atoms with E-state index in [9.17, 15) is 13.6 Å². The van der Waals surface area contributed by atoms with Gasteiger partial charge in [0.05, 0.1) is 5.41 Å². The predicted octanol–water partition coefficient (Wildman–Crippen LogP) is 2.66. The molecule has 3 nitrogen and oxygen atoms in total. The second-order valence-corrected chi connectivity index (χ2v) is 5.80. The van der Waals surface area contributed by atoms with Gasteiger partial charge in [-0.25, -0.2) is 8.78 Å². The van der Waals surface area contributed by atoms with Gasteiger partial charge >= 0.3 is 0 Å². The van der Waals surface area contributed by atoms with E-state index in [1.807, 2.05) is 0 Å². The van der Waals surface area contributed by atoms with Crippen molar-refractivity contribution in [2.45, 2.75) is 50.5 Å². The molecule has 1 atom stereocenters. The topological polar surface area (TPSA) is 49.3 Å². The molecule has 21 heavy (non-hydrogen) atoms. The normalized spacial score (nSPS) is 18.5. The molecule has 1 fully saturated rings. The first kappa shape index (κ1) is 15.9. The summed E-state index contributed by atoms with van der Waals surface area (Å²) < 4.78 is 27.2. The minimum Gasteiger partial charge on any atom is -0.396 e. The van der Waals surface area contributed by atoms with Crippen molar-refractivity contribution >= 4 is 5.91 Å². The van der Waals surface area contributed by atoms with Gasteiger partial charge in [-0.15, -0.1) is 0 Å². The molecule has 1 unspecified atom stereocenters. The standard InChI is InChI=1S/C16H21F2NO2/c1-11(6-9-20)19-15(21)16(7-2-3-8-16)13-5-4-12(17)10-14(13)18/h4-5,10-11,20H,2-3,6-9H2,1H3,(H,19,21). The van der Waals surface area contributed by atoms with E-state index in [0.29, 0.717) is 19.3 Å². The number of halogens is 2. The number of hydrogen-bond donors (Lipinski definition) is 2. The van der Waals surface area contributed by atoms with Gasteiger partial charge in [-0.2, -0.15) is 0 Å². The maximum Gasteiger partial charge on any atom is 0.230 e. The van der Waals surface area contributed by atoms with Crippen LogP contribution < -0.4 is 5.32 Å².